The molecule has 0 aliphatic heterocycles. The van der Waals surface area contributed by atoms with Gasteiger partial charge in [0.1, 0.15) is 5.92 Å². The molecular formula is C8H12N2O. The van der Waals surface area contributed by atoms with Crippen molar-refractivity contribution < 1.29 is 4.79 Å². The Morgan fingerprint density at radius 1 is 1.55 bits per heavy atom. The number of hydrogen-bond donors (Lipinski definition) is 1. The highest BCUT2D eigenvalue weighted by molar-refractivity contribution is 5.79. The average molecular weight is 152 g/mol. The molecule has 1 fully saturated rings. The summed E-state index contributed by atoms with van der Waals surface area (Å²) in [6.07, 6.45) is 4.24. The van der Waals surface area contributed by atoms with Crippen LogP contribution in [0.3, 0.4) is 0 Å². The van der Waals surface area contributed by atoms with Gasteiger partial charge in [-0.3, -0.25) is 4.79 Å². The van der Waals surface area contributed by atoms with Gasteiger partial charge in [0.05, 0.1) is 6.07 Å². The predicted molar refractivity (Wildman–Crippen MR) is 40.3 cm³/mol. The van der Waals surface area contributed by atoms with E-state index >= 15 is 0 Å². The third-order valence-corrected chi connectivity index (χ3v) is 2.32. The predicted octanol–water partition coefficient (Wildman–Crippen LogP) is 0.802. The Morgan fingerprint density at radius 2 is 2.09 bits per heavy atom. The molecule has 0 aromatic rings. The van der Waals surface area contributed by atoms with Crippen molar-refractivity contribution in [3.8, 4) is 6.07 Å². The number of primary amides is 1. The molecule has 1 atom stereocenters. The van der Waals surface area contributed by atoms with Crippen molar-refractivity contribution in [1.82, 2.24) is 0 Å². The SMILES string of the molecule is N#CC(C(N)=O)C1CCCC1. The van der Waals surface area contributed by atoms with E-state index in [1.165, 1.54) is 0 Å². The van der Waals surface area contributed by atoms with Crippen molar-refractivity contribution in [2.75, 3.05) is 0 Å². The lowest BCUT2D eigenvalue weighted by atomic mass is 9.92. The topological polar surface area (TPSA) is 66.9 Å². The third-order valence-electron chi connectivity index (χ3n) is 2.32. The number of carbonyl (C=O) groups is 1. The number of nitrogens with two attached hydrogens (primary N) is 1. The van der Waals surface area contributed by atoms with Crippen LogP contribution in [0.4, 0.5) is 0 Å². The summed E-state index contributed by atoms with van der Waals surface area (Å²) in [5.41, 5.74) is 5.07. The van der Waals surface area contributed by atoms with Crippen LogP contribution in [-0.2, 0) is 4.79 Å². The fourth-order valence-electron chi connectivity index (χ4n) is 1.69. The Labute approximate surface area is 66.2 Å². The number of rotatable bonds is 2. The highest BCUT2D eigenvalue weighted by Crippen LogP contribution is 2.30. The minimum atomic E-state index is -0.544. The number of amides is 1. The molecule has 1 aliphatic rings. The Morgan fingerprint density at radius 3 is 2.45 bits per heavy atom. The average Bonchev–Trinajstić information content (AvgIpc) is 2.40. The molecule has 2 N–H and O–H groups in total. The van der Waals surface area contributed by atoms with E-state index < -0.39 is 11.8 Å². The van der Waals surface area contributed by atoms with Gasteiger partial charge in [0, 0.05) is 0 Å². The quantitative estimate of drug-likeness (QED) is 0.636. The van der Waals surface area contributed by atoms with Gasteiger partial charge in [0.15, 0.2) is 0 Å². The molecule has 1 rings (SSSR count). The molecule has 1 amide bonds. The van der Waals surface area contributed by atoms with Gasteiger partial charge >= 0.3 is 0 Å². The minimum absolute atomic E-state index is 0.234. The standard InChI is InChI=1S/C8H12N2O/c9-5-7(8(10)11)6-3-1-2-4-6/h6-7H,1-4H2,(H2,10,11). The van der Waals surface area contributed by atoms with E-state index in [1.54, 1.807) is 0 Å². The number of carbonyl (C=O) groups excluding carboxylic acids is 1. The molecule has 1 aliphatic carbocycles. The van der Waals surface area contributed by atoms with Crippen LogP contribution in [0.25, 0.3) is 0 Å². The zero-order valence-electron chi connectivity index (χ0n) is 6.42. The summed E-state index contributed by atoms with van der Waals surface area (Å²) in [5, 5.41) is 8.61. The Kier molecular flexibility index (Phi) is 2.48. The van der Waals surface area contributed by atoms with Gasteiger partial charge in [0.2, 0.25) is 5.91 Å². The van der Waals surface area contributed by atoms with Crippen molar-refractivity contribution in [3.63, 3.8) is 0 Å². The Bertz CT molecular complexity index is 189. The maximum atomic E-state index is 10.7. The maximum absolute atomic E-state index is 10.7. The number of hydrogen-bond acceptors (Lipinski definition) is 2. The molecule has 0 radical (unpaired) electrons. The lowest BCUT2D eigenvalue weighted by Crippen LogP contribution is -2.27. The second kappa shape index (κ2) is 3.38. The van der Waals surface area contributed by atoms with Gasteiger partial charge in [-0.25, -0.2) is 0 Å². The molecule has 0 heterocycles. The molecule has 0 aromatic heterocycles. The van der Waals surface area contributed by atoms with Crippen LogP contribution in [0.1, 0.15) is 25.7 Å². The summed E-state index contributed by atoms with van der Waals surface area (Å²) in [6.45, 7) is 0. The highest BCUT2D eigenvalue weighted by Gasteiger charge is 2.28. The number of nitriles is 1. The van der Waals surface area contributed by atoms with Gasteiger partial charge in [-0.1, -0.05) is 12.8 Å². The summed E-state index contributed by atoms with van der Waals surface area (Å²) >= 11 is 0. The van der Waals surface area contributed by atoms with Gasteiger partial charge in [-0.15, -0.1) is 0 Å². The zero-order chi connectivity index (χ0) is 8.27. The van der Waals surface area contributed by atoms with Crippen LogP contribution < -0.4 is 5.73 Å². The van der Waals surface area contributed by atoms with Gasteiger partial charge in [-0.2, -0.15) is 5.26 Å². The first kappa shape index (κ1) is 8.06. The normalized spacial score (nSPS) is 21.0. The largest absolute Gasteiger partial charge is 0.369 e. The van der Waals surface area contributed by atoms with Crippen LogP contribution in [0.15, 0.2) is 0 Å². The second-order valence-electron chi connectivity index (χ2n) is 3.05. The van der Waals surface area contributed by atoms with E-state index in [-0.39, 0.29) is 5.92 Å². The van der Waals surface area contributed by atoms with Gasteiger partial charge in [0.25, 0.3) is 0 Å². The second-order valence-corrected chi connectivity index (χ2v) is 3.05. The molecule has 0 saturated heterocycles. The van der Waals surface area contributed by atoms with Crippen LogP contribution in [0, 0.1) is 23.2 Å². The molecule has 60 valence electrons. The molecule has 3 heteroatoms. The first-order chi connectivity index (χ1) is 5.25. The lowest BCUT2D eigenvalue weighted by molar-refractivity contribution is -0.121. The summed E-state index contributed by atoms with van der Waals surface area (Å²) in [4.78, 5) is 10.7. The smallest absolute Gasteiger partial charge is 0.235 e. The molecule has 0 spiro atoms. The minimum Gasteiger partial charge on any atom is -0.369 e. The lowest BCUT2D eigenvalue weighted by Gasteiger charge is -2.11. The Hall–Kier alpha value is -1.04. The fraction of sp³-hybridized carbons (Fsp3) is 0.750. The van der Waals surface area contributed by atoms with Crippen molar-refractivity contribution in [1.29, 1.82) is 5.26 Å². The fourth-order valence-corrected chi connectivity index (χ4v) is 1.69. The first-order valence-electron chi connectivity index (χ1n) is 3.94. The molecule has 1 unspecified atom stereocenters. The van der Waals surface area contributed by atoms with E-state index in [0.29, 0.717) is 0 Å². The van der Waals surface area contributed by atoms with Crippen molar-refractivity contribution in [2.24, 2.45) is 17.6 Å². The molecule has 0 bridgehead atoms. The first-order valence-corrected chi connectivity index (χ1v) is 3.94. The molecule has 1 saturated carbocycles. The van der Waals surface area contributed by atoms with Crippen LogP contribution in [-0.4, -0.2) is 5.91 Å². The van der Waals surface area contributed by atoms with E-state index in [2.05, 4.69) is 0 Å². The molecule has 11 heavy (non-hydrogen) atoms. The summed E-state index contributed by atoms with van der Waals surface area (Å²) < 4.78 is 0. The van der Waals surface area contributed by atoms with E-state index in [4.69, 9.17) is 11.0 Å². The van der Waals surface area contributed by atoms with Gasteiger partial charge < -0.3 is 5.73 Å². The van der Waals surface area contributed by atoms with Crippen molar-refractivity contribution in [3.05, 3.63) is 0 Å². The summed E-state index contributed by atoms with van der Waals surface area (Å²) in [6, 6.07) is 1.97. The van der Waals surface area contributed by atoms with Crippen molar-refractivity contribution >= 4 is 5.91 Å². The monoisotopic (exact) mass is 152 g/mol. The van der Waals surface area contributed by atoms with Crippen LogP contribution in [0.5, 0.6) is 0 Å². The van der Waals surface area contributed by atoms with Crippen LogP contribution >= 0.6 is 0 Å². The maximum Gasteiger partial charge on any atom is 0.235 e. The van der Waals surface area contributed by atoms with E-state index in [1.807, 2.05) is 6.07 Å². The Balaban J connectivity index is 2.55. The van der Waals surface area contributed by atoms with Crippen molar-refractivity contribution in [2.45, 2.75) is 25.7 Å². The zero-order valence-corrected chi connectivity index (χ0v) is 6.42. The number of nitrogens with zero attached hydrogens (tertiary/aromatic N) is 1. The third kappa shape index (κ3) is 1.70. The van der Waals surface area contributed by atoms with Crippen LogP contribution in [0.2, 0.25) is 0 Å². The summed E-state index contributed by atoms with van der Waals surface area (Å²) in [5.74, 6) is -0.769. The van der Waals surface area contributed by atoms with E-state index in [0.717, 1.165) is 25.7 Å². The molecule has 0 aromatic carbocycles. The highest BCUT2D eigenvalue weighted by atomic mass is 16.1. The van der Waals surface area contributed by atoms with Gasteiger partial charge in [-0.05, 0) is 18.8 Å². The summed E-state index contributed by atoms with van der Waals surface area (Å²) in [7, 11) is 0. The molecular weight excluding hydrogens is 140 g/mol. The van der Waals surface area contributed by atoms with E-state index in [9.17, 15) is 4.79 Å². The molecule has 3 nitrogen and oxygen atoms in total.